The molecule has 1 fully saturated rings. The molecule has 2 rings (SSSR count). The second-order valence-electron chi connectivity index (χ2n) is 4.24. The summed E-state index contributed by atoms with van der Waals surface area (Å²) in [6, 6.07) is 4.06. The normalized spacial score (nSPS) is 16.6. The van der Waals surface area contributed by atoms with Crippen molar-refractivity contribution in [1.82, 2.24) is 9.88 Å². The molecule has 2 heterocycles. The maximum atomic E-state index is 4.46. The third kappa shape index (κ3) is 3.19. The molecule has 1 N–H and O–H groups in total. The minimum absolute atomic E-state index is 0.972. The van der Waals surface area contributed by atoms with Gasteiger partial charge >= 0.3 is 0 Å². The van der Waals surface area contributed by atoms with E-state index in [1.54, 1.807) is 0 Å². The molecule has 0 unspecified atom stereocenters. The Kier molecular flexibility index (Phi) is 4.18. The van der Waals surface area contributed by atoms with Crippen molar-refractivity contribution in [3.8, 4) is 0 Å². The first kappa shape index (κ1) is 11.9. The van der Waals surface area contributed by atoms with Gasteiger partial charge in [0.15, 0.2) is 0 Å². The Hall–Kier alpha value is -0.610. The first-order valence-electron chi connectivity index (χ1n) is 5.85. The van der Waals surface area contributed by atoms with E-state index in [-0.39, 0.29) is 0 Å². The van der Waals surface area contributed by atoms with Crippen LogP contribution in [0.25, 0.3) is 0 Å². The van der Waals surface area contributed by atoms with Gasteiger partial charge in [-0.1, -0.05) is 0 Å². The highest BCUT2D eigenvalue weighted by molar-refractivity contribution is 9.10. The summed E-state index contributed by atoms with van der Waals surface area (Å²) in [6.07, 6.45) is 2.71. The van der Waals surface area contributed by atoms with Crippen LogP contribution < -0.4 is 5.32 Å². The van der Waals surface area contributed by atoms with Crippen LogP contribution in [0.1, 0.15) is 18.5 Å². The minimum atomic E-state index is 0.972. The van der Waals surface area contributed by atoms with Crippen molar-refractivity contribution in [2.45, 2.75) is 19.8 Å². The highest BCUT2D eigenvalue weighted by atomic mass is 79.9. The lowest BCUT2D eigenvalue weighted by Crippen LogP contribution is -2.26. The van der Waals surface area contributed by atoms with E-state index in [1.807, 2.05) is 19.1 Å². The fraction of sp³-hybridized carbons (Fsp3) is 0.583. The zero-order valence-corrected chi connectivity index (χ0v) is 11.3. The number of rotatable bonds is 4. The van der Waals surface area contributed by atoms with E-state index in [9.17, 15) is 0 Å². The summed E-state index contributed by atoms with van der Waals surface area (Å²) in [4.78, 5) is 6.96. The summed E-state index contributed by atoms with van der Waals surface area (Å²) in [7, 11) is 0. The van der Waals surface area contributed by atoms with Crippen LogP contribution in [0.2, 0.25) is 0 Å². The molecule has 1 aromatic heterocycles. The molecular formula is C12H18BrN3. The van der Waals surface area contributed by atoms with Crippen LogP contribution in [0.5, 0.6) is 0 Å². The second kappa shape index (κ2) is 5.64. The molecule has 4 heteroatoms. The average molecular weight is 284 g/mol. The molecule has 1 saturated heterocycles. The van der Waals surface area contributed by atoms with Gasteiger partial charge in [-0.15, -0.1) is 0 Å². The van der Waals surface area contributed by atoms with Gasteiger partial charge in [-0.05, 0) is 60.9 Å². The van der Waals surface area contributed by atoms with E-state index >= 15 is 0 Å². The zero-order chi connectivity index (χ0) is 11.4. The standard InChI is InChI=1S/C12H18BrN3/c1-10-11(13)4-5-12(15-10)14-6-9-16-7-2-3-8-16/h4-5H,2-3,6-9H2,1H3,(H,14,15). The summed E-state index contributed by atoms with van der Waals surface area (Å²) in [5.74, 6) is 0.972. The topological polar surface area (TPSA) is 28.2 Å². The van der Waals surface area contributed by atoms with Crippen LogP contribution >= 0.6 is 15.9 Å². The summed E-state index contributed by atoms with van der Waals surface area (Å²) in [5.41, 5.74) is 1.03. The Labute approximate surface area is 105 Å². The lowest BCUT2D eigenvalue weighted by Gasteiger charge is -2.15. The van der Waals surface area contributed by atoms with Gasteiger partial charge in [-0.3, -0.25) is 0 Å². The van der Waals surface area contributed by atoms with Crippen LogP contribution in [0.15, 0.2) is 16.6 Å². The Morgan fingerprint density at radius 1 is 1.38 bits per heavy atom. The lowest BCUT2D eigenvalue weighted by molar-refractivity contribution is 0.352. The summed E-state index contributed by atoms with van der Waals surface area (Å²) in [6.45, 7) is 6.63. The second-order valence-corrected chi connectivity index (χ2v) is 5.09. The molecule has 0 spiro atoms. The smallest absolute Gasteiger partial charge is 0.126 e. The molecule has 3 nitrogen and oxygen atoms in total. The maximum Gasteiger partial charge on any atom is 0.126 e. The first-order valence-corrected chi connectivity index (χ1v) is 6.64. The minimum Gasteiger partial charge on any atom is -0.369 e. The molecule has 16 heavy (non-hydrogen) atoms. The number of anilines is 1. The van der Waals surface area contributed by atoms with Gasteiger partial charge in [-0.25, -0.2) is 4.98 Å². The Bertz CT molecular complexity index is 348. The largest absolute Gasteiger partial charge is 0.369 e. The molecule has 0 radical (unpaired) electrons. The average Bonchev–Trinajstić information content (AvgIpc) is 2.76. The van der Waals surface area contributed by atoms with Gasteiger partial charge in [0.2, 0.25) is 0 Å². The van der Waals surface area contributed by atoms with E-state index < -0.39 is 0 Å². The highest BCUT2D eigenvalue weighted by Gasteiger charge is 2.10. The van der Waals surface area contributed by atoms with Crippen molar-refractivity contribution in [1.29, 1.82) is 0 Å². The van der Waals surface area contributed by atoms with Crippen LogP contribution in [0, 0.1) is 6.92 Å². The highest BCUT2D eigenvalue weighted by Crippen LogP contribution is 2.16. The molecule has 0 aliphatic carbocycles. The quantitative estimate of drug-likeness (QED) is 0.921. The summed E-state index contributed by atoms with van der Waals surface area (Å²) in [5, 5.41) is 3.37. The third-order valence-electron chi connectivity index (χ3n) is 2.95. The maximum absolute atomic E-state index is 4.46. The summed E-state index contributed by atoms with van der Waals surface area (Å²) < 4.78 is 1.07. The Morgan fingerprint density at radius 3 is 2.81 bits per heavy atom. The van der Waals surface area contributed by atoms with Crippen molar-refractivity contribution >= 4 is 21.7 Å². The number of hydrogen-bond donors (Lipinski definition) is 1. The number of aryl methyl sites for hydroxylation is 1. The van der Waals surface area contributed by atoms with Gasteiger partial charge < -0.3 is 10.2 Å². The predicted octanol–water partition coefficient (Wildman–Crippen LogP) is 2.66. The van der Waals surface area contributed by atoms with E-state index in [1.165, 1.54) is 25.9 Å². The van der Waals surface area contributed by atoms with Crippen LogP contribution in [-0.4, -0.2) is 36.1 Å². The molecule has 88 valence electrons. The number of halogens is 1. The lowest BCUT2D eigenvalue weighted by atomic mass is 10.3. The molecular weight excluding hydrogens is 266 g/mol. The van der Waals surface area contributed by atoms with Crippen molar-refractivity contribution < 1.29 is 0 Å². The van der Waals surface area contributed by atoms with Crippen LogP contribution in [0.3, 0.4) is 0 Å². The van der Waals surface area contributed by atoms with Gasteiger partial charge in [-0.2, -0.15) is 0 Å². The van der Waals surface area contributed by atoms with Gasteiger partial charge in [0.25, 0.3) is 0 Å². The van der Waals surface area contributed by atoms with E-state index in [4.69, 9.17) is 0 Å². The Morgan fingerprint density at radius 2 is 2.12 bits per heavy atom. The number of hydrogen-bond acceptors (Lipinski definition) is 3. The van der Waals surface area contributed by atoms with E-state index in [2.05, 4.69) is 31.1 Å². The monoisotopic (exact) mass is 283 g/mol. The molecule has 1 aromatic rings. The molecule has 1 aliphatic rings. The van der Waals surface area contributed by atoms with Gasteiger partial charge in [0.05, 0.1) is 5.69 Å². The van der Waals surface area contributed by atoms with E-state index in [0.29, 0.717) is 0 Å². The van der Waals surface area contributed by atoms with Crippen molar-refractivity contribution in [2.24, 2.45) is 0 Å². The molecule has 1 aliphatic heterocycles. The van der Waals surface area contributed by atoms with Crippen LogP contribution in [0.4, 0.5) is 5.82 Å². The number of pyridine rings is 1. The Balaban J connectivity index is 1.78. The molecule has 0 bridgehead atoms. The van der Waals surface area contributed by atoms with Gasteiger partial charge in [0, 0.05) is 17.6 Å². The van der Waals surface area contributed by atoms with E-state index in [0.717, 1.165) is 29.1 Å². The number of aromatic nitrogens is 1. The first-order chi connectivity index (χ1) is 7.75. The van der Waals surface area contributed by atoms with Crippen molar-refractivity contribution in [3.63, 3.8) is 0 Å². The molecule has 0 aromatic carbocycles. The fourth-order valence-corrected chi connectivity index (χ4v) is 2.21. The SMILES string of the molecule is Cc1nc(NCCN2CCCC2)ccc1Br. The summed E-state index contributed by atoms with van der Waals surface area (Å²) >= 11 is 3.45. The van der Waals surface area contributed by atoms with Gasteiger partial charge in [0.1, 0.15) is 5.82 Å². The predicted molar refractivity (Wildman–Crippen MR) is 70.8 cm³/mol. The number of nitrogens with one attached hydrogen (secondary N) is 1. The number of nitrogens with zero attached hydrogens (tertiary/aromatic N) is 2. The third-order valence-corrected chi connectivity index (χ3v) is 3.79. The molecule has 0 atom stereocenters. The van der Waals surface area contributed by atoms with Crippen molar-refractivity contribution in [3.05, 3.63) is 22.3 Å². The van der Waals surface area contributed by atoms with Crippen LogP contribution in [-0.2, 0) is 0 Å². The fourth-order valence-electron chi connectivity index (χ4n) is 1.99. The number of likely N-dealkylation sites (tertiary alicyclic amines) is 1. The van der Waals surface area contributed by atoms with Crippen molar-refractivity contribution in [2.75, 3.05) is 31.5 Å². The molecule has 0 amide bonds. The zero-order valence-electron chi connectivity index (χ0n) is 9.67. The molecule has 0 saturated carbocycles.